The van der Waals surface area contributed by atoms with Gasteiger partial charge in [0.15, 0.2) is 0 Å². The monoisotopic (exact) mass is 533 g/mol. The number of benzene rings is 2. The lowest BCUT2D eigenvalue weighted by atomic mass is 9.78. The fourth-order valence-corrected chi connectivity index (χ4v) is 7.53. The van der Waals surface area contributed by atoms with Crippen molar-refractivity contribution in [2.24, 2.45) is 11.8 Å². The van der Waals surface area contributed by atoms with Gasteiger partial charge in [0.25, 0.3) is 10.0 Å². The highest BCUT2D eigenvalue weighted by molar-refractivity contribution is 7.99. The molecule has 6 nitrogen and oxygen atoms in total. The summed E-state index contributed by atoms with van der Waals surface area (Å²) in [5, 5.41) is 0.968. The second kappa shape index (κ2) is 10.1. The van der Waals surface area contributed by atoms with Gasteiger partial charge in [0, 0.05) is 15.8 Å². The third-order valence-electron chi connectivity index (χ3n) is 5.88. The fourth-order valence-electron chi connectivity index (χ4n) is 4.26. The van der Waals surface area contributed by atoms with Gasteiger partial charge >= 0.3 is 0 Å². The Morgan fingerprint density at radius 2 is 1.69 bits per heavy atom. The molecule has 0 saturated carbocycles. The Kier molecular flexibility index (Phi) is 7.61. The maximum Gasteiger partial charge on any atom is 0.258 e. The summed E-state index contributed by atoms with van der Waals surface area (Å²) in [5.74, 6) is 0.298. The molecule has 0 aromatic heterocycles. The van der Waals surface area contributed by atoms with Gasteiger partial charge in [-0.3, -0.25) is 15.1 Å². The molecule has 2 atom stereocenters. The molecule has 2 aromatic carbocycles. The van der Waals surface area contributed by atoms with Crippen LogP contribution in [0.2, 0.25) is 15.1 Å². The number of hydrogen-bond acceptors (Lipinski definition) is 5. The summed E-state index contributed by atoms with van der Waals surface area (Å²) in [4.78, 5) is 17.5. The highest BCUT2D eigenvalue weighted by Gasteiger charge is 2.46. The van der Waals surface area contributed by atoms with Crippen LogP contribution < -0.4 is 10.3 Å². The minimum atomic E-state index is -4.04. The third kappa shape index (κ3) is 5.38. The van der Waals surface area contributed by atoms with Crippen molar-refractivity contribution in [1.29, 1.82) is 0 Å². The summed E-state index contributed by atoms with van der Waals surface area (Å²) < 4.78 is 25.3. The smallest absolute Gasteiger partial charge is 0.258 e. The van der Waals surface area contributed by atoms with Gasteiger partial charge in [0.2, 0.25) is 5.91 Å². The van der Waals surface area contributed by atoms with Crippen molar-refractivity contribution >= 4 is 62.5 Å². The van der Waals surface area contributed by atoms with Crippen LogP contribution >= 0.6 is 46.6 Å². The number of nitrogens with one attached hydrogen (secondary N) is 2. The predicted octanol–water partition coefficient (Wildman–Crippen LogP) is 4.56. The number of amides is 1. The van der Waals surface area contributed by atoms with Gasteiger partial charge in [-0.05, 0) is 67.7 Å². The molecule has 5 rings (SSSR count). The standard InChI is InChI=1S/C21H22Cl3N3O3S2/c22-15-3-1-13(2-4-15)12-31-21-19(14-7-9-27(21)10-8-14)20(28)25-26-32(29,30)18-6-5-16(23)11-17(18)24/h1-6,11,14,19,21,26H,7-10,12H2,(H,25,28)/t19-,21+/m0/s1. The molecule has 3 aliphatic rings. The van der Waals surface area contributed by atoms with E-state index in [1.807, 2.05) is 24.3 Å². The van der Waals surface area contributed by atoms with Crippen LogP contribution in [-0.2, 0) is 20.6 Å². The Labute approximate surface area is 207 Å². The first kappa shape index (κ1) is 24.1. The number of nitrogens with zero attached hydrogens (tertiary/aromatic N) is 1. The molecule has 32 heavy (non-hydrogen) atoms. The van der Waals surface area contributed by atoms with E-state index in [-0.39, 0.29) is 33.0 Å². The summed E-state index contributed by atoms with van der Waals surface area (Å²) in [6, 6.07) is 11.7. The largest absolute Gasteiger partial charge is 0.291 e. The van der Waals surface area contributed by atoms with E-state index in [1.165, 1.54) is 18.2 Å². The Hall–Kier alpha value is -1.00. The minimum Gasteiger partial charge on any atom is -0.291 e. The first-order valence-electron chi connectivity index (χ1n) is 10.1. The van der Waals surface area contributed by atoms with Gasteiger partial charge in [-0.15, -0.1) is 16.6 Å². The number of sulfonamides is 1. The van der Waals surface area contributed by atoms with E-state index in [4.69, 9.17) is 34.8 Å². The zero-order valence-electron chi connectivity index (χ0n) is 16.9. The van der Waals surface area contributed by atoms with E-state index < -0.39 is 10.0 Å². The number of hydrazine groups is 1. The predicted molar refractivity (Wildman–Crippen MR) is 129 cm³/mol. The molecule has 0 aliphatic carbocycles. The van der Waals surface area contributed by atoms with Crippen LogP contribution in [0.5, 0.6) is 0 Å². The van der Waals surface area contributed by atoms with E-state index in [1.54, 1.807) is 11.8 Å². The number of fused-ring (bicyclic) bond motifs is 3. The average molecular weight is 535 g/mol. The summed E-state index contributed by atoms with van der Waals surface area (Å²) in [7, 11) is -4.04. The van der Waals surface area contributed by atoms with E-state index >= 15 is 0 Å². The Bertz CT molecular complexity index is 1090. The Morgan fingerprint density at radius 1 is 1.03 bits per heavy atom. The normalized spacial score (nSPS) is 25.0. The van der Waals surface area contributed by atoms with E-state index in [0.717, 1.165) is 37.2 Å². The SMILES string of the molecule is O=C(NNS(=O)(=O)c1ccc(Cl)cc1Cl)[C@@H]1C2CCN(CC2)[C@@H]1SCc1ccc(Cl)cc1. The number of piperidine rings is 3. The maximum absolute atomic E-state index is 13.1. The van der Waals surface area contributed by atoms with Crippen LogP contribution in [0.25, 0.3) is 0 Å². The van der Waals surface area contributed by atoms with Crippen LogP contribution in [-0.4, -0.2) is 37.7 Å². The lowest BCUT2D eigenvalue weighted by Gasteiger charge is -2.49. The zero-order chi connectivity index (χ0) is 22.9. The van der Waals surface area contributed by atoms with E-state index in [0.29, 0.717) is 10.0 Å². The summed E-state index contributed by atoms with van der Waals surface area (Å²) in [6.45, 7) is 1.89. The van der Waals surface area contributed by atoms with Crippen molar-refractivity contribution < 1.29 is 13.2 Å². The van der Waals surface area contributed by atoms with Crippen molar-refractivity contribution in [2.75, 3.05) is 13.1 Å². The molecule has 1 amide bonds. The molecule has 3 aliphatic heterocycles. The van der Waals surface area contributed by atoms with Gasteiger partial charge < -0.3 is 0 Å². The van der Waals surface area contributed by atoms with Gasteiger partial charge in [0.1, 0.15) is 4.90 Å². The zero-order valence-corrected chi connectivity index (χ0v) is 20.8. The van der Waals surface area contributed by atoms with Gasteiger partial charge in [-0.2, -0.15) is 0 Å². The molecule has 172 valence electrons. The molecule has 2 bridgehead atoms. The second-order valence-electron chi connectivity index (χ2n) is 7.90. The molecule has 11 heteroatoms. The lowest BCUT2D eigenvalue weighted by Crippen LogP contribution is -2.59. The molecular formula is C21H22Cl3N3O3S2. The molecule has 2 N–H and O–H groups in total. The second-order valence-corrected chi connectivity index (χ2v) is 11.9. The first-order chi connectivity index (χ1) is 15.2. The molecule has 3 saturated heterocycles. The summed E-state index contributed by atoms with van der Waals surface area (Å²) in [6.07, 6.45) is 1.84. The number of carbonyl (C=O) groups excluding carboxylic acids is 1. The van der Waals surface area contributed by atoms with Crippen molar-refractivity contribution in [3.63, 3.8) is 0 Å². The maximum atomic E-state index is 13.1. The molecule has 3 fully saturated rings. The van der Waals surface area contributed by atoms with Crippen molar-refractivity contribution in [1.82, 2.24) is 15.2 Å². The highest BCUT2D eigenvalue weighted by atomic mass is 35.5. The number of halogens is 3. The third-order valence-corrected chi connectivity index (χ3v) is 9.53. The molecule has 2 aromatic rings. The van der Waals surface area contributed by atoms with Gasteiger partial charge in [-0.25, -0.2) is 8.42 Å². The topological polar surface area (TPSA) is 78.5 Å². The van der Waals surface area contributed by atoms with E-state index in [2.05, 4.69) is 15.2 Å². The quantitative estimate of drug-likeness (QED) is 0.509. The van der Waals surface area contributed by atoms with E-state index in [9.17, 15) is 13.2 Å². The lowest BCUT2D eigenvalue weighted by molar-refractivity contribution is -0.132. The molecular weight excluding hydrogens is 513 g/mol. The Balaban J connectivity index is 1.44. The number of hydrogen-bond donors (Lipinski definition) is 2. The molecule has 0 spiro atoms. The van der Waals surface area contributed by atoms with Crippen molar-refractivity contribution in [3.05, 3.63) is 63.1 Å². The fraction of sp³-hybridized carbons (Fsp3) is 0.381. The Morgan fingerprint density at radius 3 is 2.34 bits per heavy atom. The van der Waals surface area contributed by atoms with Gasteiger partial charge in [0.05, 0.1) is 16.3 Å². The van der Waals surface area contributed by atoms with Crippen LogP contribution in [0.3, 0.4) is 0 Å². The molecule has 0 unspecified atom stereocenters. The van der Waals surface area contributed by atoms with Crippen LogP contribution in [0.4, 0.5) is 0 Å². The minimum absolute atomic E-state index is 0.0153. The van der Waals surface area contributed by atoms with Crippen LogP contribution in [0.1, 0.15) is 18.4 Å². The number of carbonyl (C=O) groups is 1. The van der Waals surface area contributed by atoms with Crippen LogP contribution in [0, 0.1) is 11.8 Å². The highest BCUT2D eigenvalue weighted by Crippen LogP contribution is 2.42. The first-order valence-corrected chi connectivity index (χ1v) is 13.8. The summed E-state index contributed by atoms with van der Waals surface area (Å²) >= 11 is 19.5. The molecule has 0 radical (unpaired) electrons. The number of thioether (sulfide) groups is 1. The molecule has 3 heterocycles. The van der Waals surface area contributed by atoms with Crippen LogP contribution in [0.15, 0.2) is 47.4 Å². The number of rotatable bonds is 7. The average Bonchev–Trinajstić information content (AvgIpc) is 2.77. The van der Waals surface area contributed by atoms with Gasteiger partial charge in [-0.1, -0.05) is 46.9 Å². The van der Waals surface area contributed by atoms with Crippen molar-refractivity contribution in [2.45, 2.75) is 28.9 Å². The van der Waals surface area contributed by atoms with Crippen molar-refractivity contribution in [3.8, 4) is 0 Å². The summed E-state index contributed by atoms with van der Waals surface area (Å²) in [5.41, 5.74) is 3.55.